The number of nitrogens with zero attached hydrogens (tertiary/aromatic N) is 2. The van der Waals surface area contributed by atoms with Gasteiger partial charge in [0, 0.05) is 37.5 Å². The van der Waals surface area contributed by atoms with Crippen LogP contribution in [0.2, 0.25) is 0 Å². The Balaban J connectivity index is 1.59. The van der Waals surface area contributed by atoms with Gasteiger partial charge in [-0.05, 0) is 67.4 Å². The Labute approximate surface area is 182 Å². The first-order valence-corrected chi connectivity index (χ1v) is 11.0. The Hall–Kier alpha value is -2.73. The molecule has 0 aliphatic heterocycles. The van der Waals surface area contributed by atoms with Gasteiger partial charge in [-0.2, -0.15) is 0 Å². The molecule has 0 saturated heterocycles. The van der Waals surface area contributed by atoms with Crippen molar-refractivity contribution in [3.8, 4) is 0 Å². The normalized spacial score (nSPS) is 18.9. The number of pyridine rings is 1. The van der Waals surface area contributed by atoms with E-state index < -0.39 is 0 Å². The summed E-state index contributed by atoms with van der Waals surface area (Å²) in [5, 5.41) is 0. The van der Waals surface area contributed by atoms with Crippen LogP contribution in [0.3, 0.4) is 0 Å². The molecular weight excluding hydrogens is 392 g/mol. The van der Waals surface area contributed by atoms with Gasteiger partial charge >= 0.3 is 0 Å². The first-order valence-electron chi connectivity index (χ1n) is 10.5. The van der Waals surface area contributed by atoms with Gasteiger partial charge in [0.2, 0.25) is 0 Å². The van der Waals surface area contributed by atoms with Crippen molar-refractivity contribution in [3.63, 3.8) is 0 Å². The lowest BCUT2D eigenvalue weighted by molar-refractivity contribution is 0.389. The van der Waals surface area contributed by atoms with Crippen LogP contribution in [-0.4, -0.2) is 29.0 Å². The molecule has 5 nitrogen and oxygen atoms in total. The fourth-order valence-corrected chi connectivity index (χ4v) is 4.69. The van der Waals surface area contributed by atoms with Crippen LogP contribution in [0.1, 0.15) is 60.0 Å². The minimum absolute atomic E-state index is 0.101. The van der Waals surface area contributed by atoms with Crippen molar-refractivity contribution in [1.82, 2.24) is 15.0 Å². The van der Waals surface area contributed by atoms with Crippen molar-refractivity contribution in [2.24, 2.45) is 0 Å². The third-order valence-electron chi connectivity index (χ3n) is 6.09. The van der Waals surface area contributed by atoms with Crippen molar-refractivity contribution >= 4 is 18.0 Å². The fourth-order valence-electron chi connectivity index (χ4n) is 4.49. The number of H-pyrrole nitrogens is 2. The predicted molar refractivity (Wildman–Crippen MR) is 124 cm³/mol. The van der Waals surface area contributed by atoms with Crippen LogP contribution in [0.5, 0.6) is 0 Å². The molecule has 4 rings (SSSR count). The summed E-state index contributed by atoms with van der Waals surface area (Å²) in [6.45, 7) is 0. The molecule has 0 amide bonds. The smallest absolute Gasteiger partial charge is 0.255 e. The second kappa shape index (κ2) is 8.96. The molecule has 1 aliphatic rings. The van der Waals surface area contributed by atoms with Crippen LogP contribution in [0.15, 0.2) is 53.3 Å². The fraction of sp³-hybridized carbons (Fsp3) is 0.375. The lowest BCUT2D eigenvalue weighted by Gasteiger charge is -2.29. The van der Waals surface area contributed by atoms with Gasteiger partial charge in [0.1, 0.15) is 5.82 Å². The molecule has 3 aromatic rings. The molecule has 156 valence electrons. The van der Waals surface area contributed by atoms with E-state index in [1.165, 1.54) is 5.56 Å². The molecule has 0 spiro atoms. The summed E-state index contributed by atoms with van der Waals surface area (Å²) in [6, 6.07) is 16.7. The largest absolute Gasteiger partial charge is 0.363 e. The van der Waals surface area contributed by atoms with E-state index in [1.807, 2.05) is 37.2 Å². The maximum absolute atomic E-state index is 12.8. The Morgan fingerprint density at radius 2 is 1.67 bits per heavy atom. The van der Waals surface area contributed by atoms with Gasteiger partial charge in [-0.25, -0.2) is 4.98 Å². The molecule has 1 saturated carbocycles. The number of hydrogen-bond donors (Lipinski definition) is 2. The van der Waals surface area contributed by atoms with Crippen molar-refractivity contribution in [3.05, 3.63) is 86.2 Å². The van der Waals surface area contributed by atoms with E-state index in [4.69, 9.17) is 17.2 Å². The highest BCUT2D eigenvalue weighted by Crippen LogP contribution is 2.40. The summed E-state index contributed by atoms with van der Waals surface area (Å²) >= 11 is 5.30. The third kappa shape index (κ3) is 4.54. The maximum Gasteiger partial charge on any atom is 0.255 e. The number of aromatic nitrogens is 3. The first kappa shape index (κ1) is 20.5. The zero-order valence-electron chi connectivity index (χ0n) is 17.5. The molecule has 0 atom stereocenters. The highest BCUT2D eigenvalue weighted by atomic mass is 32.1. The maximum atomic E-state index is 12.8. The van der Waals surface area contributed by atoms with E-state index in [1.54, 1.807) is 0 Å². The SMILES string of the molecule is CN(C)c1cccc(Cc2c(=O)[nH]c(=S)[nH]c2[C@H]2CC[C@H](c3ccccc3)CC2)n1. The zero-order chi connectivity index (χ0) is 21.1. The molecule has 0 radical (unpaired) electrons. The van der Waals surface area contributed by atoms with Crippen LogP contribution >= 0.6 is 12.2 Å². The highest BCUT2D eigenvalue weighted by Gasteiger charge is 2.26. The van der Waals surface area contributed by atoms with Gasteiger partial charge in [0.05, 0.1) is 0 Å². The van der Waals surface area contributed by atoms with Gasteiger partial charge < -0.3 is 9.88 Å². The van der Waals surface area contributed by atoms with Gasteiger partial charge in [-0.15, -0.1) is 0 Å². The summed E-state index contributed by atoms with van der Waals surface area (Å²) in [6.07, 6.45) is 4.84. The van der Waals surface area contributed by atoms with Crippen LogP contribution in [0.4, 0.5) is 5.82 Å². The molecule has 2 heterocycles. The van der Waals surface area contributed by atoms with E-state index in [0.717, 1.165) is 48.5 Å². The average molecular weight is 421 g/mol. The quantitative estimate of drug-likeness (QED) is 0.575. The lowest BCUT2D eigenvalue weighted by atomic mass is 9.76. The molecule has 2 aromatic heterocycles. The Morgan fingerprint density at radius 1 is 0.967 bits per heavy atom. The first-order chi connectivity index (χ1) is 14.5. The zero-order valence-corrected chi connectivity index (χ0v) is 18.3. The second-order valence-corrected chi connectivity index (χ2v) is 8.73. The monoisotopic (exact) mass is 420 g/mol. The van der Waals surface area contributed by atoms with E-state index >= 15 is 0 Å². The standard InChI is InChI=1S/C24H28N4OS/c1-28(2)21-10-6-9-19(25-21)15-20-22(26-24(30)27-23(20)29)18-13-11-17(12-14-18)16-7-4-3-5-8-16/h3-10,17-18H,11-15H2,1-2H3,(H2,26,27,29,30)/t17-,18-. The molecule has 30 heavy (non-hydrogen) atoms. The molecule has 1 aromatic carbocycles. The Morgan fingerprint density at radius 3 is 2.37 bits per heavy atom. The topological polar surface area (TPSA) is 64.8 Å². The van der Waals surface area contributed by atoms with Crippen molar-refractivity contribution in [2.75, 3.05) is 19.0 Å². The summed E-state index contributed by atoms with van der Waals surface area (Å²) in [5.74, 6) is 1.80. The van der Waals surface area contributed by atoms with E-state index in [9.17, 15) is 4.79 Å². The average Bonchev–Trinajstić information content (AvgIpc) is 2.76. The molecule has 1 fully saturated rings. The van der Waals surface area contributed by atoms with Crippen molar-refractivity contribution in [2.45, 2.75) is 43.9 Å². The number of anilines is 1. The highest BCUT2D eigenvalue weighted by molar-refractivity contribution is 7.71. The summed E-state index contributed by atoms with van der Waals surface area (Å²) in [5.41, 5.74) is 3.95. The van der Waals surface area contributed by atoms with Crippen LogP contribution in [0, 0.1) is 4.77 Å². The number of hydrogen-bond acceptors (Lipinski definition) is 4. The van der Waals surface area contributed by atoms with Crippen LogP contribution in [0.25, 0.3) is 0 Å². The van der Waals surface area contributed by atoms with Gasteiger partial charge in [-0.1, -0.05) is 36.4 Å². The number of aromatic amines is 2. The summed E-state index contributed by atoms with van der Waals surface area (Å²) in [7, 11) is 3.94. The molecule has 1 aliphatic carbocycles. The molecule has 2 N–H and O–H groups in total. The Bertz CT molecular complexity index is 1110. The third-order valence-corrected chi connectivity index (χ3v) is 6.29. The molecular formula is C24H28N4OS. The second-order valence-electron chi connectivity index (χ2n) is 8.32. The van der Waals surface area contributed by atoms with Crippen molar-refractivity contribution in [1.29, 1.82) is 0 Å². The van der Waals surface area contributed by atoms with Gasteiger partial charge in [0.25, 0.3) is 5.56 Å². The Kier molecular flexibility index (Phi) is 6.13. The minimum atomic E-state index is -0.101. The predicted octanol–water partition coefficient (Wildman–Crippen LogP) is 4.93. The van der Waals surface area contributed by atoms with Gasteiger partial charge in [-0.3, -0.25) is 9.78 Å². The summed E-state index contributed by atoms with van der Waals surface area (Å²) < 4.78 is 0.402. The molecule has 0 unspecified atom stereocenters. The van der Waals surface area contributed by atoms with E-state index in [-0.39, 0.29) is 5.56 Å². The van der Waals surface area contributed by atoms with Crippen LogP contribution in [-0.2, 0) is 6.42 Å². The minimum Gasteiger partial charge on any atom is -0.363 e. The van der Waals surface area contributed by atoms with E-state index in [2.05, 4.69) is 40.3 Å². The van der Waals surface area contributed by atoms with Gasteiger partial charge in [0.15, 0.2) is 4.77 Å². The number of benzene rings is 1. The summed E-state index contributed by atoms with van der Waals surface area (Å²) in [4.78, 5) is 25.6. The van der Waals surface area contributed by atoms with Crippen LogP contribution < -0.4 is 10.5 Å². The molecule has 0 bridgehead atoms. The van der Waals surface area contributed by atoms with Crippen molar-refractivity contribution < 1.29 is 0 Å². The number of nitrogens with one attached hydrogen (secondary N) is 2. The number of rotatable bonds is 5. The lowest BCUT2D eigenvalue weighted by Crippen LogP contribution is -2.23. The molecule has 6 heteroatoms. The van der Waals surface area contributed by atoms with E-state index in [0.29, 0.717) is 23.0 Å².